The molecule has 1 rings (SSSR count). The van der Waals surface area contributed by atoms with Gasteiger partial charge in [-0.25, -0.2) is 4.79 Å². The molecule has 0 aliphatic heterocycles. The van der Waals surface area contributed by atoms with Crippen molar-refractivity contribution < 1.29 is 19.4 Å². The summed E-state index contributed by atoms with van der Waals surface area (Å²) in [4.78, 5) is 10.5. The average molecular weight is 260 g/mol. The van der Waals surface area contributed by atoms with Crippen LogP contribution in [-0.4, -0.2) is 24.3 Å². The summed E-state index contributed by atoms with van der Waals surface area (Å²) < 4.78 is 11.0. The minimum atomic E-state index is -0.993. The fourth-order valence-corrected chi connectivity index (χ4v) is 1.40. The number of ether oxygens (including phenoxy) is 2. The molecule has 0 aliphatic carbocycles. The van der Waals surface area contributed by atoms with Crippen molar-refractivity contribution in [1.82, 2.24) is 0 Å². The monoisotopic (exact) mass is 260 g/mol. The fraction of sp³-hybridized carbons (Fsp3) is 0.267. The zero-order chi connectivity index (χ0) is 14.1. The first kappa shape index (κ1) is 14.7. The summed E-state index contributed by atoms with van der Waals surface area (Å²) in [6.45, 7) is 2.78. The van der Waals surface area contributed by atoms with Gasteiger partial charge in [0.25, 0.3) is 0 Å². The van der Waals surface area contributed by atoms with Gasteiger partial charge < -0.3 is 14.6 Å². The Morgan fingerprint density at radius 2 is 2.21 bits per heavy atom. The number of benzene rings is 1. The van der Waals surface area contributed by atoms with Crippen LogP contribution in [0.4, 0.5) is 0 Å². The molecule has 1 aromatic rings. The molecule has 0 atom stereocenters. The Labute approximate surface area is 112 Å². The van der Waals surface area contributed by atoms with E-state index in [9.17, 15) is 4.79 Å². The van der Waals surface area contributed by atoms with Crippen molar-refractivity contribution in [2.75, 3.05) is 13.2 Å². The van der Waals surface area contributed by atoms with Gasteiger partial charge in [-0.2, -0.15) is 0 Å². The Kier molecular flexibility index (Phi) is 6.04. The zero-order valence-corrected chi connectivity index (χ0v) is 10.8. The molecule has 0 saturated carbocycles. The van der Waals surface area contributed by atoms with Gasteiger partial charge in [0.1, 0.15) is 0 Å². The van der Waals surface area contributed by atoms with Crippen molar-refractivity contribution >= 4 is 12.0 Å². The summed E-state index contributed by atoms with van der Waals surface area (Å²) in [5, 5.41) is 8.58. The molecule has 1 N–H and O–H groups in total. The maximum Gasteiger partial charge on any atom is 0.328 e. The second kappa shape index (κ2) is 7.83. The van der Waals surface area contributed by atoms with E-state index in [-0.39, 0.29) is 0 Å². The Morgan fingerprint density at radius 3 is 2.84 bits per heavy atom. The van der Waals surface area contributed by atoms with E-state index in [1.54, 1.807) is 18.2 Å². The van der Waals surface area contributed by atoms with Crippen molar-refractivity contribution in [2.45, 2.75) is 13.3 Å². The third-order valence-electron chi connectivity index (χ3n) is 2.19. The minimum absolute atomic E-state index is 0.418. The molecule has 4 nitrogen and oxygen atoms in total. The second-order valence-electron chi connectivity index (χ2n) is 3.61. The molecule has 4 heteroatoms. The summed E-state index contributed by atoms with van der Waals surface area (Å²) in [6, 6.07) is 5.23. The van der Waals surface area contributed by atoms with E-state index in [0.29, 0.717) is 31.1 Å². The van der Waals surface area contributed by atoms with E-state index in [2.05, 4.69) is 5.92 Å². The van der Waals surface area contributed by atoms with Gasteiger partial charge in [0.15, 0.2) is 11.5 Å². The molecule has 1 aromatic carbocycles. The number of hydrogen-bond acceptors (Lipinski definition) is 3. The van der Waals surface area contributed by atoms with Gasteiger partial charge in [0, 0.05) is 12.5 Å². The molecule has 100 valence electrons. The smallest absolute Gasteiger partial charge is 0.328 e. The van der Waals surface area contributed by atoms with Gasteiger partial charge in [-0.1, -0.05) is 6.07 Å². The van der Waals surface area contributed by atoms with E-state index in [1.165, 1.54) is 6.08 Å². The summed E-state index contributed by atoms with van der Waals surface area (Å²) in [7, 11) is 0. The van der Waals surface area contributed by atoms with E-state index < -0.39 is 5.97 Å². The third-order valence-corrected chi connectivity index (χ3v) is 2.19. The second-order valence-corrected chi connectivity index (χ2v) is 3.61. The van der Waals surface area contributed by atoms with E-state index in [1.807, 2.05) is 6.92 Å². The van der Waals surface area contributed by atoms with E-state index in [4.69, 9.17) is 21.0 Å². The zero-order valence-electron chi connectivity index (χ0n) is 10.8. The van der Waals surface area contributed by atoms with Crippen molar-refractivity contribution in [3.8, 4) is 23.8 Å². The van der Waals surface area contributed by atoms with Crippen LogP contribution < -0.4 is 9.47 Å². The molecule has 0 heterocycles. The predicted octanol–water partition coefficient (Wildman–Crippen LogP) is 2.59. The molecular weight excluding hydrogens is 244 g/mol. The summed E-state index contributed by atoms with van der Waals surface area (Å²) in [5.41, 5.74) is 0.732. The number of carbonyl (C=O) groups is 1. The van der Waals surface area contributed by atoms with Gasteiger partial charge in [-0.3, -0.25) is 0 Å². The summed E-state index contributed by atoms with van der Waals surface area (Å²) in [5.74, 6) is 2.68. The molecule has 0 unspecified atom stereocenters. The molecule has 19 heavy (non-hydrogen) atoms. The summed E-state index contributed by atoms with van der Waals surface area (Å²) >= 11 is 0. The number of carboxylic acids is 1. The largest absolute Gasteiger partial charge is 0.490 e. The highest BCUT2D eigenvalue weighted by Crippen LogP contribution is 2.29. The van der Waals surface area contributed by atoms with Gasteiger partial charge >= 0.3 is 5.97 Å². The number of rotatable bonds is 7. The van der Waals surface area contributed by atoms with Crippen LogP contribution in [0.3, 0.4) is 0 Å². The van der Waals surface area contributed by atoms with Gasteiger partial charge in [-0.05, 0) is 30.7 Å². The maximum atomic E-state index is 10.5. The first-order valence-corrected chi connectivity index (χ1v) is 5.91. The molecule has 0 saturated heterocycles. The van der Waals surface area contributed by atoms with Crippen LogP contribution in [0.1, 0.15) is 18.9 Å². The normalized spacial score (nSPS) is 10.1. The molecule has 0 aromatic heterocycles. The molecule has 0 radical (unpaired) electrons. The molecule has 0 amide bonds. The molecule has 0 bridgehead atoms. The lowest BCUT2D eigenvalue weighted by Crippen LogP contribution is -2.00. The minimum Gasteiger partial charge on any atom is -0.490 e. The first-order chi connectivity index (χ1) is 9.17. The quantitative estimate of drug-likeness (QED) is 0.465. The highest BCUT2D eigenvalue weighted by molar-refractivity contribution is 5.85. The molecule has 0 fully saturated rings. The van der Waals surface area contributed by atoms with Gasteiger partial charge in [-0.15, -0.1) is 12.3 Å². The predicted molar refractivity (Wildman–Crippen MR) is 73.2 cm³/mol. The van der Waals surface area contributed by atoms with Crippen molar-refractivity contribution in [3.63, 3.8) is 0 Å². The van der Waals surface area contributed by atoms with Gasteiger partial charge in [0.05, 0.1) is 13.2 Å². The topological polar surface area (TPSA) is 55.8 Å². The molecule has 0 spiro atoms. The van der Waals surface area contributed by atoms with Crippen LogP contribution in [0.5, 0.6) is 11.5 Å². The van der Waals surface area contributed by atoms with Crippen molar-refractivity contribution in [3.05, 3.63) is 29.8 Å². The maximum absolute atomic E-state index is 10.5. The summed E-state index contributed by atoms with van der Waals surface area (Å²) in [6.07, 6.45) is 8.24. The number of hydrogen-bond donors (Lipinski definition) is 1. The fourth-order valence-electron chi connectivity index (χ4n) is 1.40. The van der Waals surface area contributed by atoms with E-state index in [0.717, 1.165) is 11.6 Å². The highest BCUT2D eigenvalue weighted by atomic mass is 16.5. The number of terminal acetylenes is 1. The van der Waals surface area contributed by atoms with Crippen LogP contribution in [0, 0.1) is 12.3 Å². The van der Waals surface area contributed by atoms with Crippen molar-refractivity contribution in [1.29, 1.82) is 0 Å². The lowest BCUT2D eigenvalue weighted by atomic mass is 10.2. The Morgan fingerprint density at radius 1 is 1.42 bits per heavy atom. The SMILES string of the molecule is C#CCCOc1ccc(/C=C/C(=O)O)cc1OCC. The standard InChI is InChI=1S/C15H16O4/c1-3-5-10-19-13-8-6-12(7-9-15(16)17)11-14(13)18-4-2/h1,6-9,11H,4-5,10H2,2H3,(H,16,17)/b9-7+. The van der Waals surface area contributed by atoms with Crippen molar-refractivity contribution in [2.24, 2.45) is 0 Å². The Balaban J connectivity index is 2.87. The first-order valence-electron chi connectivity index (χ1n) is 5.91. The van der Waals surface area contributed by atoms with E-state index >= 15 is 0 Å². The lowest BCUT2D eigenvalue weighted by molar-refractivity contribution is -0.131. The molecule has 0 aliphatic rings. The van der Waals surface area contributed by atoms with Crippen LogP contribution in [0.2, 0.25) is 0 Å². The van der Waals surface area contributed by atoms with Gasteiger partial charge in [0.2, 0.25) is 0 Å². The highest BCUT2D eigenvalue weighted by Gasteiger charge is 2.05. The average Bonchev–Trinajstić information content (AvgIpc) is 2.39. The third kappa shape index (κ3) is 5.17. The Hall–Kier alpha value is -2.41. The van der Waals surface area contributed by atoms with Crippen LogP contribution in [0.15, 0.2) is 24.3 Å². The lowest BCUT2D eigenvalue weighted by Gasteiger charge is -2.11. The number of carboxylic acid groups (broad SMARTS) is 1. The Bertz CT molecular complexity index is 497. The van der Waals surface area contributed by atoms with Crippen LogP contribution in [0.25, 0.3) is 6.08 Å². The number of aliphatic carboxylic acids is 1. The molecular formula is C15H16O4. The van der Waals surface area contributed by atoms with Crippen LogP contribution >= 0.6 is 0 Å². The van der Waals surface area contributed by atoms with Crippen LogP contribution in [-0.2, 0) is 4.79 Å².